The Kier molecular flexibility index (Phi) is 6.60. The summed E-state index contributed by atoms with van der Waals surface area (Å²) in [7, 11) is 1.70. The summed E-state index contributed by atoms with van der Waals surface area (Å²) in [6.07, 6.45) is -2.71. The zero-order valence-electron chi connectivity index (χ0n) is 15.1. The zero-order valence-corrected chi connectivity index (χ0v) is 15.1. The predicted octanol–water partition coefficient (Wildman–Crippen LogP) is 4.83. The third kappa shape index (κ3) is 5.32. The number of benzene rings is 2. The van der Waals surface area contributed by atoms with Crippen LogP contribution in [0.5, 0.6) is 0 Å². The second kappa shape index (κ2) is 8.70. The van der Waals surface area contributed by atoms with Crippen LogP contribution in [0.3, 0.4) is 0 Å². The molecule has 1 N–H and O–H groups in total. The summed E-state index contributed by atoms with van der Waals surface area (Å²) in [4.78, 5) is 26.1. The number of nitrogens with one attached hydrogen (secondary N) is 1. The summed E-state index contributed by atoms with van der Waals surface area (Å²) in [6.45, 7) is 2.66. The molecule has 4 nitrogen and oxygen atoms in total. The molecule has 0 saturated carbocycles. The number of hydrogen-bond acceptors (Lipinski definition) is 2. The van der Waals surface area contributed by atoms with E-state index in [4.69, 9.17) is 0 Å². The number of para-hydroxylation sites is 1. The molecule has 0 aliphatic heterocycles. The minimum Gasteiger partial charge on any atom is -0.342 e. The number of hydrogen-bond donors (Lipinski definition) is 1. The molecule has 0 fully saturated rings. The fraction of sp³-hybridized carbons (Fsp3) is 0.300. The Balaban J connectivity index is 2.12. The molecule has 2 aromatic carbocycles. The van der Waals surface area contributed by atoms with Gasteiger partial charge in [-0.05, 0) is 42.8 Å². The fourth-order valence-corrected chi connectivity index (χ4v) is 2.52. The van der Waals surface area contributed by atoms with Crippen molar-refractivity contribution < 1.29 is 22.8 Å². The van der Waals surface area contributed by atoms with Gasteiger partial charge in [0.15, 0.2) is 0 Å². The summed E-state index contributed by atoms with van der Waals surface area (Å²) in [5, 5.41) is 2.28. The highest BCUT2D eigenvalue weighted by molar-refractivity contribution is 6.05. The van der Waals surface area contributed by atoms with Crippen LogP contribution in [-0.2, 0) is 6.18 Å². The van der Waals surface area contributed by atoms with Crippen LogP contribution in [0.25, 0.3) is 0 Å². The number of halogens is 3. The lowest BCUT2D eigenvalue weighted by molar-refractivity contribution is -0.136. The first kappa shape index (κ1) is 20.5. The van der Waals surface area contributed by atoms with Crippen LogP contribution < -0.4 is 5.32 Å². The Morgan fingerprint density at radius 3 is 2.19 bits per heavy atom. The molecule has 144 valence electrons. The lowest BCUT2D eigenvalue weighted by Gasteiger charge is -2.17. The van der Waals surface area contributed by atoms with Crippen molar-refractivity contribution in [1.29, 1.82) is 0 Å². The minimum atomic E-state index is -4.57. The predicted molar refractivity (Wildman–Crippen MR) is 97.7 cm³/mol. The van der Waals surface area contributed by atoms with Crippen molar-refractivity contribution in [2.24, 2.45) is 0 Å². The van der Waals surface area contributed by atoms with Gasteiger partial charge in [-0.2, -0.15) is 13.2 Å². The van der Waals surface area contributed by atoms with Gasteiger partial charge in [0, 0.05) is 24.7 Å². The van der Waals surface area contributed by atoms with Gasteiger partial charge in [-0.3, -0.25) is 9.59 Å². The Hall–Kier alpha value is -2.83. The number of alkyl halides is 3. The number of carbonyl (C=O) groups excluding carboxylic acids is 2. The molecule has 2 aromatic rings. The number of unbranched alkanes of at least 4 members (excludes halogenated alkanes) is 1. The summed E-state index contributed by atoms with van der Waals surface area (Å²) >= 11 is 0. The molecule has 7 heteroatoms. The molecule has 0 aliphatic rings. The molecule has 0 heterocycles. The van der Waals surface area contributed by atoms with Gasteiger partial charge in [-0.25, -0.2) is 0 Å². The van der Waals surface area contributed by atoms with E-state index >= 15 is 0 Å². The first-order chi connectivity index (χ1) is 12.7. The van der Waals surface area contributed by atoms with Gasteiger partial charge in [-0.15, -0.1) is 0 Å². The molecule has 2 amide bonds. The number of carbonyl (C=O) groups is 2. The third-order valence-electron chi connectivity index (χ3n) is 4.07. The van der Waals surface area contributed by atoms with Crippen molar-refractivity contribution in [3.05, 3.63) is 65.2 Å². The lowest BCUT2D eigenvalue weighted by Crippen LogP contribution is -2.27. The van der Waals surface area contributed by atoms with Gasteiger partial charge in [-0.1, -0.05) is 25.5 Å². The quantitative estimate of drug-likeness (QED) is 0.783. The average molecular weight is 378 g/mol. The standard InChI is InChI=1S/C20H21F3N2O2/c1-3-4-13-25(2)19(27)15-11-9-14(10-12-15)18(26)24-17-8-6-5-7-16(17)20(21,22)23/h5-12H,3-4,13H2,1-2H3,(H,24,26). The molecule has 0 bridgehead atoms. The van der Waals surface area contributed by atoms with E-state index in [0.717, 1.165) is 18.9 Å². The van der Waals surface area contributed by atoms with Crippen molar-refractivity contribution in [3.63, 3.8) is 0 Å². The Bertz CT molecular complexity index is 802. The van der Waals surface area contributed by atoms with Gasteiger partial charge in [0.25, 0.3) is 11.8 Å². The largest absolute Gasteiger partial charge is 0.418 e. The van der Waals surface area contributed by atoms with E-state index in [1.54, 1.807) is 11.9 Å². The van der Waals surface area contributed by atoms with E-state index in [1.165, 1.54) is 42.5 Å². The summed E-state index contributed by atoms with van der Waals surface area (Å²) < 4.78 is 39.0. The maximum absolute atomic E-state index is 13.0. The molecule has 0 saturated heterocycles. The first-order valence-corrected chi connectivity index (χ1v) is 8.57. The smallest absolute Gasteiger partial charge is 0.342 e. The van der Waals surface area contributed by atoms with Gasteiger partial charge >= 0.3 is 6.18 Å². The third-order valence-corrected chi connectivity index (χ3v) is 4.07. The summed E-state index contributed by atoms with van der Waals surface area (Å²) in [5.41, 5.74) is -0.641. The highest BCUT2D eigenvalue weighted by Gasteiger charge is 2.33. The second-order valence-corrected chi connectivity index (χ2v) is 6.16. The van der Waals surface area contributed by atoms with Crippen LogP contribution in [0.1, 0.15) is 46.0 Å². The van der Waals surface area contributed by atoms with Crippen molar-refractivity contribution in [3.8, 4) is 0 Å². The van der Waals surface area contributed by atoms with Crippen LogP contribution in [0, 0.1) is 0 Å². The van der Waals surface area contributed by atoms with E-state index in [-0.39, 0.29) is 17.2 Å². The topological polar surface area (TPSA) is 49.4 Å². The first-order valence-electron chi connectivity index (χ1n) is 8.57. The average Bonchev–Trinajstić information content (AvgIpc) is 2.65. The van der Waals surface area contributed by atoms with Crippen molar-refractivity contribution >= 4 is 17.5 Å². The second-order valence-electron chi connectivity index (χ2n) is 6.16. The maximum Gasteiger partial charge on any atom is 0.418 e. The Morgan fingerprint density at radius 2 is 1.59 bits per heavy atom. The van der Waals surface area contributed by atoms with Crippen LogP contribution >= 0.6 is 0 Å². The maximum atomic E-state index is 13.0. The number of amides is 2. The molecule has 2 rings (SSSR count). The minimum absolute atomic E-state index is 0.166. The van der Waals surface area contributed by atoms with E-state index < -0.39 is 17.6 Å². The van der Waals surface area contributed by atoms with Gasteiger partial charge in [0.1, 0.15) is 0 Å². The molecule has 0 radical (unpaired) electrons. The van der Waals surface area contributed by atoms with Crippen molar-refractivity contribution in [2.75, 3.05) is 18.9 Å². The zero-order chi connectivity index (χ0) is 20.0. The van der Waals surface area contributed by atoms with Gasteiger partial charge in [0.05, 0.1) is 11.3 Å². The highest BCUT2D eigenvalue weighted by atomic mass is 19.4. The molecule has 0 atom stereocenters. The number of anilines is 1. The number of nitrogens with zero attached hydrogens (tertiary/aromatic N) is 1. The molecular weight excluding hydrogens is 357 g/mol. The van der Waals surface area contributed by atoms with Crippen LogP contribution in [0.2, 0.25) is 0 Å². The van der Waals surface area contributed by atoms with Crippen LogP contribution in [0.15, 0.2) is 48.5 Å². The molecule has 0 unspecified atom stereocenters. The molecular formula is C20H21F3N2O2. The van der Waals surface area contributed by atoms with Gasteiger partial charge in [0.2, 0.25) is 0 Å². The number of rotatable bonds is 6. The van der Waals surface area contributed by atoms with Crippen molar-refractivity contribution in [2.45, 2.75) is 25.9 Å². The van der Waals surface area contributed by atoms with E-state index in [2.05, 4.69) is 5.32 Å². The summed E-state index contributed by atoms with van der Waals surface area (Å²) in [5.74, 6) is -0.845. The Labute approximate surface area is 156 Å². The lowest BCUT2D eigenvalue weighted by atomic mass is 10.1. The van der Waals surface area contributed by atoms with Crippen LogP contribution in [0.4, 0.5) is 18.9 Å². The molecule has 0 aliphatic carbocycles. The van der Waals surface area contributed by atoms with Crippen LogP contribution in [-0.4, -0.2) is 30.3 Å². The van der Waals surface area contributed by atoms with Crippen molar-refractivity contribution in [1.82, 2.24) is 4.90 Å². The molecule has 27 heavy (non-hydrogen) atoms. The van der Waals surface area contributed by atoms with E-state index in [1.807, 2.05) is 6.92 Å². The summed E-state index contributed by atoms with van der Waals surface area (Å²) in [6, 6.07) is 10.6. The molecule has 0 spiro atoms. The monoisotopic (exact) mass is 378 g/mol. The SMILES string of the molecule is CCCCN(C)C(=O)c1ccc(C(=O)Nc2ccccc2C(F)(F)F)cc1. The normalized spacial score (nSPS) is 11.1. The Morgan fingerprint density at radius 1 is 1.00 bits per heavy atom. The fourth-order valence-electron chi connectivity index (χ4n) is 2.52. The molecule has 0 aromatic heterocycles. The van der Waals surface area contributed by atoms with E-state index in [9.17, 15) is 22.8 Å². The van der Waals surface area contributed by atoms with E-state index in [0.29, 0.717) is 12.1 Å². The highest BCUT2D eigenvalue weighted by Crippen LogP contribution is 2.34. The van der Waals surface area contributed by atoms with Gasteiger partial charge < -0.3 is 10.2 Å².